The van der Waals surface area contributed by atoms with Gasteiger partial charge in [0.1, 0.15) is 0 Å². The molecule has 3 nitrogen and oxygen atoms in total. The van der Waals surface area contributed by atoms with E-state index >= 15 is 0 Å². The van der Waals surface area contributed by atoms with Crippen molar-refractivity contribution in [2.45, 2.75) is 18.6 Å². The summed E-state index contributed by atoms with van der Waals surface area (Å²) in [4.78, 5) is 10.5. The molecule has 0 saturated carbocycles. The van der Waals surface area contributed by atoms with Crippen LogP contribution in [-0.2, 0) is 4.79 Å². The Morgan fingerprint density at radius 3 is 2.42 bits per heavy atom. The number of alkyl halides is 3. The van der Waals surface area contributed by atoms with Crippen LogP contribution in [0.15, 0.2) is 0 Å². The van der Waals surface area contributed by atoms with Gasteiger partial charge in [-0.1, -0.05) is 0 Å². The average molecular weight is 182 g/mol. The lowest BCUT2D eigenvalue weighted by atomic mass is 10.00. The molecule has 0 bridgehead atoms. The maximum Gasteiger partial charge on any atom is 0.393 e. The Kier molecular flexibility index (Phi) is 2.27. The van der Waals surface area contributed by atoms with Gasteiger partial charge in [-0.3, -0.25) is 4.79 Å². The number of nitrogens with one attached hydrogen (secondary N) is 1. The summed E-state index contributed by atoms with van der Waals surface area (Å²) in [5, 5.41) is 2.42. The molecule has 1 fully saturated rings. The molecule has 0 spiro atoms. The van der Waals surface area contributed by atoms with E-state index in [-0.39, 0.29) is 13.0 Å². The highest BCUT2D eigenvalue weighted by atomic mass is 19.4. The standard InChI is InChI=1S/C6H9F3N2O/c7-6(8,9)3-1-2-11-4(3)5(10)12/h3-4,11H,1-2H2,(H2,10,12)/t3?,4-/m1/s1. The van der Waals surface area contributed by atoms with Gasteiger partial charge in [0.2, 0.25) is 5.91 Å². The molecular formula is C6H9F3N2O. The SMILES string of the molecule is NC(=O)[C@@H]1NCCC1C(F)(F)F. The molecule has 1 rings (SSSR count). The third-order valence-electron chi connectivity index (χ3n) is 1.95. The highest BCUT2D eigenvalue weighted by Gasteiger charge is 2.49. The van der Waals surface area contributed by atoms with Gasteiger partial charge in [0.25, 0.3) is 0 Å². The van der Waals surface area contributed by atoms with Gasteiger partial charge in [0, 0.05) is 0 Å². The number of carbonyl (C=O) groups excluding carboxylic acids is 1. The molecule has 0 aromatic rings. The fraction of sp³-hybridized carbons (Fsp3) is 0.833. The Morgan fingerprint density at radius 2 is 2.08 bits per heavy atom. The van der Waals surface area contributed by atoms with E-state index in [4.69, 9.17) is 5.73 Å². The Bertz CT molecular complexity index is 192. The molecule has 12 heavy (non-hydrogen) atoms. The van der Waals surface area contributed by atoms with Crippen LogP contribution in [0.2, 0.25) is 0 Å². The highest BCUT2D eigenvalue weighted by molar-refractivity contribution is 5.80. The molecule has 0 aliphatic carbocycles. The molecule has 1 amide bonds. The zero-order chi connectivity index (χ0) is 9.35. The Balaban J connectivity index is 2.71. The molecule has 0 aromatic carbocycles. The van der Waals surface area contributed by atoms with Crippen LogP contribution in [0.3, 0.4) is 0 Å². The zero-order valence-corrected chi connectivity index (χ0v) is 6.19. The van der Waals surface area contributed by atoms with Gasteiger partial charge in [-0.2, -0.15) is 13.2 Å². The third-order valence-corrected chi connectivity index (χ3v) is 1.95. The molecule has 0 aromatic heterocycles. The summed E-state index contributed by atoms with van der Waals surface area (Å²) in [6.07, 6.45) is -4.40. The summed E-state index contributed by atoms with van der Waals surface area (Å²) in [6, 6.07) is -1.25. The molecule has 1 aliphatic heterocycles. The summed E-state index contributed by atoms with van der Waals surface area (Å²) >= 11 is 0. The van der Waals surface area contributed by atoms with E-state index in [1.54, 1.807) is 0 Å². The first-order valence-electron chi connectivity index (χ1n) is 3.52. The van der Waals surface area contributed by atoms with E-state index < -0.39 is 24.0 Å². The molecule has 1 aliphatic rings. The smallest absolute Gasteiger partial charge is 0.368 e. The number of primary amides is 1. The van der Waals surface area contributed by atoms with E-state index in [1.807, 2.05) is 0 Å². The van der Waals surface area contributed by atoms with Crippen LogP contribution < -0.4 is 11.1 Å². The minimum Gasteiger partial charge on any atom is -0.368 e. The quantitative estimate of drug-likeness (QED) is 0.600. The van der Waals surface area contributed by atoms with Crippen LogP contribution in [0.1, 0.15) is 6.42 Å². The van der Waals surface area contributed by atoms with E-state index in [0.29, 0.717) is 0 Å². The number of amides is 1. The lowest BCUT2D eigenvalue weighted by molar-refractivity contribution is -0.178. The second kappa shape index (κ2) is 2.93. The normalized spacial score (nSPS) is 30.6. The Labute approximate surface area is 67.1 Å². The topological polar surface area (TPSA) is 55.1 Å². The van der Waals surface area contributed by atoms with Crippen molar-refractivity contribution in [1.82, 2.24) is 5.32 Å². The maximum absolute atomic E-state index is 12.1. The molecule has 1 heterocycles. The van der Waals surface area contributed by atoms with Crippen molar-refractivity contribution in [2.24, 2.45) is 11.7 Å². The molecular weight excluding hydrogens is 173 g/mol. The summed E-state index contributed by atoms with van der Waals surface area (Å²) in [5.74, 6) is -2.55. The number of hydrogen-bond acceptors (Lipinski definition) is 2. The molecule has 70 valence electrons. The van der Waals surface area contributed by atoms with Crippen molar-refractivity contribution in [3.63, 3.8) is 0 Å². The second-order valence-corrected chi connectivity index (χ2v) is 2.77. The average Bonchev–Trinajstić information content (AvgIpc) is 2.30. The fourth-order valence-electron chi connectivity index (χ4n) is 1.35. The predicted octanol–water partition coefficient (Wildman–Crippen LogP) is 0.0121. The predicted molar refractivity (Wildman–Crippen MR) is 35.1 cm³/mol. The largest absolute Gasteiger partial charge is 0.393 e. The highest BCUT2D eigenvalue weighted by Crippen LogP contribution is 2.33. The fourth-order valence-corrected chi connectivity index (χ4v) is 1.35. The number of hydrogen-bond donors (Lipinski definition) is 2. The molecule has 6 heteroatoms. The Morgan fingerprint density at radius 1 is 1.50 bits per heavy atom. The summed E-state index contributed by atoms with van der Waals surface area (Å²) in [7, 11) is 0. The zero-order valence-electron chi connectivity index (χ0n) is 6.19. The van der Waals surface area contributed by atoms with E-state index in [1.165, 1.54) is 0 Å². The summed E-state index contributed by atoms with van der Waals surface area (Å²) in [6.45, 7) is 0.192. The van der Waals surface area contributed by atoms with Crippen molar-refractivity contribution in [3.8, 4) is 0 Å². The van der Waals surface area contributed by atoms with E-state index in [9.17, 15) is 18.0 Å². The number of rotatable bonds is 1. The summed E-state index contributed by atoms with van der Waals surface area (Å²) in [5.41, 5.74) is 4.78. The first kappa shape index (κ1) is 9.31. The minimum atomic E-state index is -4.33. The van der Waals surface area contributed by atoms with Crippen molar-refractivity contribution < 1.29 is 18.0 Å². The molecule has 1 unspecified atom stereocenters. The molecule has 0 radical (unpaired) electrons. The first-order chi connectivity index (χ1) is 5.43. The lowest BCUT2D eigenvalue weighted by Crippen LogP contribution is -2.45. The van der Waals surface area contributed by atoms with Crippen molar-refractivity contribution in [1.29, 1.82) is 0 Å². The van der Waals surface area contributed by atoms with Gasteiger partial charge in [-0.25, -0.2) is 0 Å². The summed E-state index contributed by atoms with van der Waals surface area (Å²) < 4.78 is 36.4. The molecule has 3 N–H and O–H groups in total. The second-order valence-electron chi connectivity index (χ2n) is 2.77. The third kappa shape index (κ3) is 1.69. The Hall–Kier alpha value is -0.780. The van der Waals surface area contributed by atoms with Gasteiger partial charge in [-0.05, 0) is 13.0 Å². The van der Waals surface area contributed by atoms with Crippen LogP contribution >= 0.6 is 0 Å². The number of nitrogens with two attached hydrogens (primary N) is 1. The van der Waals surface area contributed by atoms with Crippen LogP contribution in [0, 0.1) is 5.92 Å². The van der Waals surface area contributed by atoms with Crippen LogP contribution in [-0.4, -0.2) is 24.7 Å². The van der Waals surface area contributed by atoms with Crippen molar-refractivity contribution >= 4 is 5.91 Å². The van der Waals surface area contributed by atoms with Gasteiger partial charge >= 0.3 is 6.18 Å². The molecule has 2 atom stereocenters. The lowest BCUT2D eigenvalue weighted by Gasteiger charge is -2.18. The van der Waals surface area contributed by atoms with Gasteiger partial charge < -0.3 is 11.1 Å². The van der Waals surface area contributed by atoms with E-state index in [2.05, 4.69) is 5.32 Å². The monoisotopic (exact) mass is 182 g/mol. The maximum atomic E-state index is 12.1. The first-order valence-corrected chi connectivity index (χ1v) is 3.52. The van der Waals surface area contributed by atoms with Crippen molar-refractivity contribution in [3.05, 3.63) is 0 Å². The minimum absolute atomic E-state index is 0.0723. The van der Waals surface area contributed by atoms with Crippen LogP contribution in [0.4, 0.5) is 13.2 Å². The number of halogens is 3. The van der Waals surface area contributed by atoms with Crippen LogP contribution in [0.25, 0.3) is 0 Å². The van der Waals surface area contributed by atoms with Crippen molar-refractivity contribution in [2.75, 3.05) is 6.54 Å². The molecule has 1 saturated heterocycles. The van der Waals surface area contributed by atoms with Gasteiger partial charge in [0.15, 0.2) is 0 Å². The van der Waals surface area contributed by atoms with Gasteiger partial charge in [0.05, 0.1) is 12.0 Å². The van der Waals surface area contributed by atoms with Crippen LogP contribution in [0.5, 0.6) is 0 Å². The van der Waals surface area contributed by atoms with Gasteiger partial charge in [-0.15, -0.1) is 0 Å². The van der Waals surface area contributed by atoms with E-state index in [0.717, 1.165) is 0 Å². The number of carbonyl (C=O) groups is 1.